The van der Waals surface area contributed by atoms with Crippen molar-refractivity contribution in [3.63, 3.8) is 0 Å². The van der Waals surface area contributed by atoms with Gasteiger partial charge >= 0.3 is 0 Å². The summed E-state index contributed by atoms with van der Waals surface area (Å²) < 4.78 is 6.96. The van der Waals surface area contributed by atoms with Gasteiger partial charge in [-0.05, 0) is 49.4 Å². The number of para-hydroxylation sites is 1. The van der Waals surface area contributed by atoms with E-state index >= 15 is 0 Å². The predicted octanol–water partition coefficient (Wildman–Crippen LogP) is 4.71. The molecule has 2 aromatic carbocycles. The second kappa shape index (κ2) is 8.75. The highest BCUT2D eigenvalue weighted by atomic mass is 32.1. The predicted molar refractivity (Wildman–Crippen MR) is 118 cm³/mol. The van der Waals surface area contributed by atoms with E-state index in [1.54, 1.807) is 41.7 Å². The average Bonchev–Trinajstić information content (AvgIpc) is 3.17. The molecule has 4 rings (SSSR count). The molecule has 150 valence electrons. The molecule has 0 saturated heterocycles. The number of rotatable bonds is 6. The van der Waals surface area contributed by atoms with E-state index in [0.29, 0.717) is 22.9 Å². The van der Waals surface area contributed by atoms with Gasteiger partial charge in [-0.15, -0.1) is 11.3 Å². The van der Waals surface area contributed by atoms with E-state index in [1.165, 1.54) is 10.7 Å². The van der Waals surface area contributed by atoms with Gasteiger partial charge in [0.15, 0.2) is 0 Å². The number of aromatic nitrogens is 2. The number of amides is 1. The molecule has 7 heteroatoms. The van der Waals surface area contributed by atoms with Gasteiger partial charge in [0.25, 0.3) is 5.56 Å². The molecule has 2 aromatic heterocycles. The SMILES string of the molecule is Cc1ccc(-c2ccc(=O)n(CC(=O)Nc3cccc(Oc4ccccc4)c3)n2)s1. The lowest BCUT2D eigenvalue weighted by Gasteiger charge is -2.10. The smallest absolute Gasteiger partial charge is 0.267 e. The molecule has 0 unspecified atom stereocenters. The van der Waals surface area contributed by atoms with Crippen molar-refractivity contribution in [2.45, 2.75) is 13.5 Å². The molecule has 0 aliphatic rings. The fourth-order valence-corrected chi connectivity index (χ4v) is 3.70. The first-order valence-electron chi connectivity index (χ1n) is 9.35. The minimum absolute atomic E-state index is 0.180. The Hall–Kier alpha value is -3.71. The van der Waals surface area contributed by atoms with E-state index in [0.717, 1.165) is 9.75 Å². The summed E-state index contributed by atoms with van der Waals surface area (Å²) in [6.45, 7) is 1.83. The Morgan fingerprint density at radius 1 is 1.00 bits per heavy atom. The number of nitrogens with one attached hydrogen (secondary N) is 1. The van der Waals surface area contributed by atoms with E-state index in [2.05, 4.69) is 10.4 Å². The molecule has 6 nitrogen and oxygen atoms in total. The summed E-state index contributed by atoms with van der Waals surface area (Å²) in [5, 5.41) is 7.13. The van der Waals surface area contributed by atoms with Crippen LogP contribution in [0.1, 0.15) is 4.88 Å². The molecule has 2 heterocycles. The molecule has 1 N–H and O–H groups in total. The number of aryl methyl sites for hydroxylation is 1. The molecule has 0 aliphatic heterocycles. The van der Waals surface area contributed by atoms with E-state index < -0.39 is 0 Å². The lowest BCUT2D eigenvalue weighted by Crippen LogP contribution is -2.29. The molecule has 0 aliphatic carbocycles. The maximum absolute atomic E-state index is 12.5. The zero-order chi connectivity index (χ0) is 20.9. The summed E-state index contributed by atoms with van der Waals surface area (Å²) in [7, 11) is 0. The second-order valence-electron chi connectivity index (χ2n) is 6.62. The molecule has 4 aromatic rings. The van der Waals surface area contributed by atoms with Gasteiger partial charge in [0.2, 0.25) is 5.91 Å². The summed E-state index contributed by atoms with van der Waals surface area (Å²) in [6, 6.07) is 23.5. The summed E-state index contributed by atoms with van der Waals surface area (Å²) >= 11 is 1.59. The number of nitrogens with zero attached hydrogens (tertiary/aromatic N) is 2. The molecule has 0 radical (unpaired) electrons. The third kappa shape index (κ3) is 4.82. The number of anilines is 1. The van der Waals surface area contributed by atoms with Crippen LogP contribution in [0.2, 0.25) is 0 Å². The van der Waals surface area contributed by atoms with Crippen molar-refractivity contribution >= 4 is 22.9 Å². The van der Waals surface area contributed by atoms with Crippen LogP contribution < -0.4 is 15.6 Å². The third-order valence-electron chi connectivity index (χ3n) is 4.25. The van der Waals surface area contributed by atoms with Gasteiger partial charge in [0, 0.05) is 22.7 Å². The fourth-order valence-electron chi connectivity index (χ4n) is 2.86. The normalized spacial score (nSPS) is 10.6. The van der Waals surface area contributed by atoms with Crippen molar-refractivity contribution in [2.75, 3.05) is 5.32 Å². The largest absolute Gasteiger partial charge is 0.457 e. The van der Waals surface area contributed by atoms with Crippen LogP contribution in [-0.2, 0) is 11.3 Å². The molecule has 1 amide bonds. The number of ether oxygens (including phenoxy) is 1. The monoisotopic (exact) mass is 417 g/mol. The number of hydrogen-bond donors (Lipinski definition) is 1. The first-order valence-corrected chi connectivity index (χ1v) is 10.2. The van der Waals surface area contributed by atoms with Crippen molar-refractivity contribution < 1.29 is 9.53 Å². The standard InChI is InChI=1S/C23H19N3O3S/c1-16-10-12-21(30-16)20-11-13-23(28)26(25-20)15-22(27)24-17-6-5-9-19(14-17)29-18-7-3-2-4-8-18/h2-14H,15H2,1H3,(H,24,27). The topological polar surface area (TPSA) is 73.2 Å². The van der Waals surface area contributed by atoms with Crippen molar-refractivity contribution in [1.29, 1.82) is 0 Å². The van der Waals surface area contributed by atoms with Crippen molar-refractivity contribution in [3.05, 3.63) is 94.1 Å². The maximum Gasteiger partial charge on any atom is 0.267 e. The fraction of sp³-hybridized carbons (Fsp3) is 0.0870. The Morgan fingerprint density at radius 2 is 1.80 bits per heavy atom. The van der Waals surface area contributed by atoms with Crippen LogP contribution in [-0.4, -0.2) is 15.7 Å². The van der Waals surface area contributed by atoms with Crippen LogP contribution in [0.25, 0.3) is 10.6 Å². The minimum Gasteiger partial charge on any atom is -0.457 e. The van der Waals surface area contributed by atoms with Crippen LogP contribution in [0.15, 0.2) is 83.7 Å². The molecule has 0 spiro atoms. The van der Waals surface area contributed by atoms with E-state index in [-0.39, 0.29) is 18.0 Å². The Morgan fingerprint density at radius 3 is 2.57 bits per heavy atom. The van der Waals surface area contributed by atoms with Crippen molar-refractivity contribution in [3.8, 4) is 22.1 Å². The van der Waals surface area contributed by atoms with Gasteiger partial charge in [0.05, 0.1) is 4.88 Å². The van der Waals surface area contributed by atoms with E-state index in [1.807, 2.05) is 49.4 Å². The van der Waals surface area contributed by atoms with Crippen molar-refractivity contribution in [2.24, 2.45) is 0 Å². The van der Waals surface area contributed by atoms with Crippen LogP contribution >= 0.6 is 11.3 Å². The summed E-state index contributed by atoms with van der Waals surface area (Å²) in [6.07, 6.45) is 0. The summed E-state index contributed by atoms with van der Waals surface area (Å²) in [5.41, 5.74) is 0.911. The average molecular weight is 417 g/mol. The first-order chi connectivity index (χ1) is 14.6. The lowest BCUT2D eigenvalue weighted by molar-refractivity contribution is -0.117. The number of carbonyl (C=O) groups excluding carboxylic acids is 1. The quantitative estimate of drug-likeness (QED) is 0.493. The van der Waals surface area contributed by atoms with Gasteiger partial charge in [-0.3, -0.25) is 9.59 Å². The van der Waals surface area contributed by atoms with Crippen LogP contribution in [0, 0.1) is 6.92 Å². The number of carbonyl (C=O) groups is 1. The Labute approximate surface area is 177 Å². The molecular formula is C23H19N3O3S. The number of benzene rings is 2. The third-order valence-corrected chi connectivity index (χ3v) is 5.27. The highest BCUT2D eigenvalue weighted by Gasteiger charge is 2.10. The molecule has 30 heavy (non-hydrogen) atoms. The molecular weight excluding hydrogens is 398 g/mol. The van der Waals surface area contributed by atoms with Crippen LogP contribution in [0.4, 0.5) is 5.69 Å². The van der Waals surface area contributed by atoms with Crippen LogP contribution in [0.3, 0.4) is 0 Å². The second-order valence-corrected chi connectivity index (χ2v) is 7.90. The maximum atomic E-state index is 12.5. The zero-order valence-electron chi connectivity index (χ0n) is 16.2. The molecule has 0 atom stereocenters. The minimum atomic E-state index is -0.346. The van der Waals surface area contributed by atoms with Gasteiger partial charge in [-0.1, -0.05) is 24.3 Å². The van der Waals surface area contributed by atoms with E-state index in [9.17, 15) is 9.59 Å². The Kier molecular flexibility index (Phi) is 5.72. The van der Waals surface area contributed by atoms with Crippen molar-refractivity contribution in [1.82, 2.24) is 9.78 Å². The molecule has 0 fully saturated rings. The molecule has 0 bridgehead atoms. The summed E-state index contributed by atoms with van der Waals surface area (Å²) in [5.74, 6) is 0.961. The number of hydrogen-bond acceptors (Lipinski definition) is 5. The zero-order valence-corrected chi connectivity index (χ0v) is 17.1. The van der Waals surface area contributed by atoms with Gasteiger partial charge in [-0.2, -0.15) is 5.10 Å². The highest BCUT2D eigenvalue weighted by Crippen LogP contribution is 2.25. The summed E-state index contributed by atoms with van der Waals surface area (Å²) in [4.78, 5) is 26.8. The van der Waals surface area contributed by atoms with Gasteiger partial charge in [0.1, 0.15) is 23.7 Å². The van der Waals surface area contributed by atoms with Crippen LogP contribution in [0.5, 0.6) is 11.5 Å². The highest BCUT2D eigenvalue weighted by molar-refractivity contribution is 7.15. The first kappa shape index (κ1) is 19.6. The van der Waals surface area contributed by atoms with E-state index in [4.69, 9.17) is 4.74 Å². The number of thiophene rings is 1. The Bertz CT molecular complexity index is 1230. The molecule has 0 saturated carbocycles. The lowest BCUT2D eigenvalue weighted by atomic mass is 10.3. The Balaban J connectivity index is 1.46. The van der Waals surface area contributed by atoms with Gasteiger partial charge < -0.3 is 10.1 Å². The van der Waals surface area contributed by atoms with Gasteiger partial charge in [-0.25, -0.2) is 4.68 Å².